The van der Waals surface area contributed by atoms with Crippen LogP contribution in [0.2, 0.25) is 0 Å². The van der Waals surface area contributed by atoms with Gasteiger partial charge in [-0.05, 0) is 32.9 Å². The van der Waals surface area contributed by atoms with Crippen LogP contribution in [0.1, 0.15) is 43.3 Å². The molecule has 132 valence electrons. The summed E-state index contributed by atoms with van der Waals surface area (Å²) in [5.41, 5.74) is 0.127. The van der Waals surface area contributed by atoms with Gasteiger partial charge in [-0.3, -0.25) is 9.59 Å². The first-order valence-corrected chi connectivity index (χ1v) is 8.83. The molecule has 0 spiro atoms. The first kappa shape index (κ1) is 17.5. The number of furan rings is 1. The summed E-state index contributed by atoms with van der Waals surface area (Å²) in [7, 11) is 1.59. The molecule has 0 radical (unpaired) electrons. The molecule has 3 aromatic rings. The summed E-state index contributed by atoms with van der Waals surface area (Å²) in [6, 6.07) is 5.59. The van der Waals surface area contributed by atoms with E-state index < -0.39 is 5.60 Å². The van der Waals surface area contributed by atoms with Gasteiger partial charge in [-0.1, -0.05) is 0 Å². The van der Waals surface area contributed by atoms with E-state index in [0.29, 0.717) is 16.2 Å². The minimum absolute atomic E-state index is 0.0670. The molecule has 0 N–H and O–H groups in total. The van der Waals surface area contributed by atoms with Crippen molar-refractivity contribution in [3.8, 4) is 5.75 Å². The van der Waals surface area contributed by atoms with Crippen LogP contribution in [-0.4, -0.2) is 24.5 Å². The number of Topliss-reactive ketones (excluding diaryl/α,β-unsaturated/α-hetero) is 1. The summed E-state index contributed by atoms with van der Waals surface area (Å²) >= 11 is 1.39. The minimum atomic E-state index is -0.540. The van der Waals surface area contributed by atoms with E-state index in [1.165, 1.54) is 11.3 Å². The zero-order chi connectivity index (χ0) is 18.2. The van der Waals surface area contributed by atoms with Gasteiger partial charge in [0.2, 0.25) is 0 Å². The largest absolute Gasteiger partial charge is 0.493 e. The number of carbonyl (C=O) groups excluding carboxylic acids is 2. The Kier molecular flexibility index (Phi) is 4.56. The number of esters is 1. The molecule has 0 saturated carbocycles. The van der Waals surface area contributed by atoms with Crippen molar-refractivity contribution in [3.05, 3.63) is 29.3 Å². The maximum absolute atomic E-state index is 12.5. The van der Waals surface area contributed by atoms with E-state index in [2.05, 4.69) is 0 Å². The molecule has 0 atom stereocenters. The van der Waals surface area contributed by atoms with Crippen molar-refractivity contribution in [2.45, 2.75) is 39.2 Å². The third-order valence-electron chi connectivity index (χ3n) is 3.67. The Labute approximate surface area is 149 Å². The molecule has 0 saturated heterocycles. The van der Waals surface area contributed by atoms with Crippen molar-refractivity contribution < 1.29 is 23.5 Å². The molecule has 0 unspecified atom stereocenters. The van der Waals surface area contributed by atoms with Crippen LogP contribution in [0.25, 0.3) is 21.1 Å². The number of carbonyl (C=O) groups is 2. The fourth-order valence-electron chi connectivity index (χ4n) is 2.64. The SMILES string of the molecule is COc1cc2sc(C(=O)CCC(=O)OC(C)(C)C)cc2c2ccoc12. The molecule has 5 nitrogen and oxygen atoms in total. The van der Waals surface area contributed by atoms with Crippen LogP contribution in [0.3, 0.4) is 0 Å². The molecule has 1 aromatic carbocycles. The summed E-state index contributed by atoms with van der Waals surface area (Å²) in [6.07, 6.45) is 1.82. The zero-order valence-corrected chi connectivity index (χ0v) is 15.5. The fraction of sp³-hybridized carbons (Fsp3) is 0.368. The average molecular weight is 360 g/mol. The highest BCUT2D eigenvalue weighted by atomic mass is 32.1. The molecule has 2 heterocycles. The topological polar surface area (TPSA) is 65.7 Å². The van der Waals surface area contributed by atoms with Crippen molar-refractivity contribution in [1.82, 2.24) is 0 Å². The lowest BCUT2D eigenvalue weighted by Crippen LogP contribution is -2.24. The summed E-state index contributed by atoms with van der Waals surface area (Å²) in [4.78, 5) is 24.9. The first-order valence-electron chi connectivity index (χ1n) is 8.01. The van der Waals surface area contributed by atoms with Gasteiger partial charge in [0.25, 0.3) is 0 Å². The third-order valence-corrected chi connectivity index (χ3v) is 4.80. The van der Waals surface area contributed by atoms with Crippen LogP contribution >= 0.6 is 11.3 Å². The fourth-order valence-corrected chi connectivity index (χ4v) is 3.71. The number of ether oxygens (including phenoxy) is 2. The van der Waals surface area contributed by atoms with Gasteiger partial charge in [-0.2, -0.15) is 0 Å². The molecule has 0 aliphatic heterocycles. The van der Waals surface area contributed by atoms with E-state index in [-0.39, 0.29) is 24.6 Å². The van der Waals surface area contributed by atoms with Crippen LogP contribution in [0.15, 0.2) is 28.9 Å². The van der Waals surface area contributed by atoms with Crippen LogP contribution in [0.5, 0.6) is 5.75 Å². The van der Waals surface area contributed by atoms with Gasteiger partial charge in [0.15, 0.2) is 17.1 Å². The Balaban J connectivity index is 1.82. The normalized spacial score (nSPS) is 11.8. The van der Waals surface area contributed by atoms with Gasteiger partial charge in [0, 0.05) is 28.0 Å². The van der Waals surface area contributed by atoms with Crippen LogP contribution in [0, 0.1) is 0 Å². The quantitative estimate of drug-likeness (QED) is 0.475. The number of hydrogen-bond donors (Lipinski definition) is 0. The van der Waals surface area contributed by atoms with Gasteiger partial charge >= 0.3 is 5.97 Å². The second-order valence-corrected chi connectivity index (χ2v) is 7.86. The number of methoxy groups -OCH3 is 1. The summed E-state index contributed by atoms with van der Waals surface area (Å²) in [5, 5.41) is 1.87. The summed E-state index contributed by atoms with van der Waals surface area (Å²) in [5.74, 6) is 0.214. The molecule has 0 fully saturated rings. The lowest BCUT2D eigenvalue weighted by atomic mass is 10.1. The Morgan fingerprint density at radius 1 is 1.16 bits per heavy atom. The van der Waals surface area contributed by atoms with E-state index in [1.54, 1.807) is 13.4 Å². The van der Waals surface area contributed by atoms with Crippen LogP contribution < -0.4 is 4.74 Å². The predicted octanol–water partition coefficient (Wildman–Crippen LogP) is 4.96. The van der Waals surface area contributed by atoms with Crippen molar-refractivity contribution in [3.63, 3.8) is 0 Å². The number of fused-ring (bicyclic) bond motifs is 3. The Morgan fingerprint density at radius 2 is 1.92 bits per heavy atom. The van der Waals surface area contributed by atoms with Gasteiger partial charge in [0.1, 0.15) is 5.60 Å². The average Bonchev–Trinajstić information content (AvgIpc) is 3.15. The maximum Gasteiger partial charge on any atom is 0.306 e. The second-order valence-electron chi connectivity index (χ2n) is 6.77. The number of rotatable bonds is 5. The molecule has 0 aliphatic rings. The molecule has 0 bridgehead atoms. The van der Waals surface area contributed by atoms with Gasteiger partial charge in [-0.25, -0.2) is 0 Å². The molecular weight excluding hydrogens is 340 g/mol. The highest BCUT2D eigenvalue weighted by Gasteiger charge is 2.19. The van der Waals surface area contributed by atoms with Crippen molar-refractivity contribution in [2.75, 3.05) is 7.11 Å². The number of benzene rings is 1. The number of ketones is 1. The van der Waals surface area contributed by atoms with Crippen molar-refractivity contribution in [1.29, 1.82) is 0 Å². The smallest absolute Gasteiger partial charge is 0.306 e. The second kappa shape index (κ2) is 6.52. The molecular formula is C19H20O5S. The highest BCUT2D eigenvalue weighted by molar-refractivity contribution is 7.21. The van der Waals surface area contributed by atoms with E-state index >= 15 is 0 Å². The van der Waals surface area contributed by atoms with E-state index in [9.17, 15) is 9.59 Å². The third kappa shape index (κ3) is 3.69. The Bertz CT molecular complexity index is 942. The van der Waals surface area contributed by atoms with Gasteiger partial charge in [-0.15, -0.1) is 11.3 Å². The molecule has 25 heavy (non-hydrogen) atoms. The Hall–Kier alpha value is -2.34. The van der Waals surface area contributed by atoms with Crippen LogP contribution in [-0.2, 0) is 9.53 Å². The molecule has 3 rings (SSSR count). The predicted molar refractivity (Wildman–Crippen MR) is 97.6 cm³/mol. The number of hydrogen-bond acceptors (Lipinski definition) is 6. The van der Waals surface area contributed by atoms with E-state index in [0.717, 1.165) is 15.5 Å². The van der Waals surface area contributed by atoms with E-state index in [4.69, 9.17) is 13.9 Å². The summed E-state index contributed by atoms with van der Waals surface area (Å²) < 4.78 is 17.0. The molecule has 0 aliphatic carbocycles. The molecule has 6 heteroatoms. The summed E-state index contributed by atoms with van der Waals surface area (Å²) in [6.45, 7) is 5.42. The van der Waals surface area contributed by atoms with Crippen molar-refractivity contribution in [2.24, 2.45) is 0 Å². The Morgan fingerprint density at radius 3 is 2.60 bits per heavy atom. The highest BCUT2D eigenvalue weighted by Crippen LogP contribution is 2.38. The molecule has 0 amide bonds. The lowest BCUT2D eigenvalue weighted by molar-refractivity contribution is -0.154. The lowest BCUT2D eigenvalue weighted by Gasteiger charge is -2.19. The van der Waals surface area contributed by atoms with Gasteiger partial charge in [0.05, 0.1) is 24.7 Å². The minimum Gasteiger partial charge on any atom is -0.493 e. The van der Waals surface area contributed by atoms with Gasteiger partial charge < -0.3 is 13.9 Å². The molecule has 2 aromatic heterocycles. The van der Waals surface area contributed by atoms with Crippen molar-refractivity contribution >= 4 is 44.1 Å². The maximum atomic E-state index is 12.5. The first-order chi connectivity index (χ1) is 11.8. The number of thiophene rings is 1. The van der Waals surface area contributed by atoms with E-state index in [1.807, 2.05) is 39.0 Å². The zero-order valence-electron chi connectivity index (χ0n) is 14.7. The monoisotopic (exact) mass is 360 g/mol. The van der Waals surface area contributed by atoms with Crippen LogP contribution in [0.4, 0.5) is 0 Å². The standard InChI is InChI=1S/C19H20O5S/c1-19(2,3)24-17(21)6-5-13(20)16-9-12-11-7-8-23-18(11)14(22-4)10-15(12)25-16/h7-10H,5-6H2,1-4H3.